The van der Waals surface area contributed by atoms with Gasteiger partial charge in [0.25, 0.3) is 5.56 Å². The predicted molar refractivity (Wildman–Crippen MR) is 146 cm³/mol. The molecule has 3 aromatic rings. The fraction of sp³-hybridized carbons (Fsp3) is 0.433. The monoisotopic (exact) mass is 564 g/mol. The van der Waals surface area contributed by atoms with Crippen LogP contribution in [0.1, 0.15) is 47.5 Å². The lowest BCUT2D eigenvalue weighted by molar-refractivity contribution is -0.140. The number of nitrogens with zero attached hydrogens (tertiary/aromatic N) is 2. The number of ether oxygens (including phenoxy) is 4. The van der Waals surface area contributed by atoms with Crippen molar-refractivity contribution in [3.05, 3.63) is 79.8 Å². The molecule has 2 aromatic heterocycles. The van der Waals surface area contributed by atoms with Crippen molar-refractivity contribution in [1.82, 2.24) is 9.47 Å². The number of rotatable bonds is 7. The molecule has 0 spiro atoms. The molecular weight excluding hydrogens is 532 g/mol. The fourth-order valence-electron chi connectivity index (χ4n) is 6.32. The molecule has 3 aliphatic heterocycles. The van der Waals surface area contributed by atoms with E-state index in [0.717, 1.165) is 18.7 Å². The molecule has 0 saturated carbocycles. The number of likely N-dealkylation sites (tertiary alicyclic amines) is 1. The number of hydrogen-bond acceptors (Lipinski definition) is 10. The summed E-state index contributed by atoms with van der Waals surface area (Å²) in [7, 11) is 2.77. The number of benzene rings is 1. The summed E-state index contributed by atoms with van der Waals surface area (Å²) in [6.45, 7) is 3.13. The molecule has 5 heterocycles. The predicted octanol–water partition coefficient (Wildman–Crippen LogP) is 2.60. The van der Waals surface area contributed by atoms with Gasteiger partial charge in [-0.1, -0.05) is 6.07 Å². The van der Waals surface area contributed by atoms with E-state index >= 15 is 0 Å². The smallest absolute Gasteiger partial charge is 0.306 e. The van der Waals surface area contributed by atoms with Gasteiger partial charge in [0.15, 0.2) is 17.3 Å². The van der Waals surface area contributed by atoms with E-state index in [2.05, 4.69) is 4.90 Å². The maximum absolute atomic E-state index is 13.0. The number of aromatic nitrogens is 1. The van der Waals surface area contributed by atoms with Crippen molar-refractivity contribution in [1.29, 1.82) is 0 Å². The van der Waals surface area contributed by atoms with E-state index in [0.29, 0.717) is 67.3 Å². The van der Waals surface area contributed by atoms with Crippen LogP contribution < -0.4 is 25.2 Å². The Morgan fingerprint density at radius 2 is 1.93 bits per heavy atom. The van der Waals surface area contributed by atoms with Crippen LogP contribution in [-0.2, 0) is 22.6 Å². The Morgan fingerprint density at radius 1 is 1.10 bits per heavy atom. The number of carbonyl (C=O) groups is 1. The maximum Gasteiger partial charge on any atom is 0.306 e. The summed E-state index contributed by atoms with van der Waals surface area (Å²) in [5.74, 6) is 0.103. The summed E-state index contributed by atoms with van der Waals surface area (Å²) in [6, 6.07) is 10.1. The summed E-state index contributed by atoms with van der Waals surface area (Å²) in [6.07, 6.45) is 0.802. The van der Waals surface area contributed by atoms with E-state index < -0.39 is 23.1 Å². The summed E-state index contributed by atoms with van der Waals surface area (Å²) >= 11 is 0. The zero-order valence-electron chi connectivity index (χ0n) is 23.0. The number of esters is 1. The van der Waals surface area contributed by atoms with E-state index in [1.54, 1.807) is 24.3 Å². The van der Waals surface area contributed by atoms with Gasteiger partial charge in [0.05, 0.1) is 33.1 Å². The molecule has 0 radical (unpaired) electrons. The summed E-state index contributed by atoms with van der Waals surface area (Å²) in [4.78, 5) is 40.1. The van der Waals surface area contributed by atoms with Gasteiger partial charge in [0.1, 0.15) is 19.0 Å². The number of fused-ring (bicyclic) bond motifs is 5. The quantitative estimate of drug-likeness (QED) is 0.428. The lowest BCUT2D eigenvalue weighted by atomic mass is 9.83. The highest BCUT2D eigenvalue weighted by atomic mass is 16.6. The van der Waals surface area contributed by atoms with Crippen LogP contribution in [0.5, 0.6) is 23.0 Å². The van der Waals surface area contributed by atoms with E-state index in [9.17, 15) is 19.5 Å². The third-order valence-corrected chi connectivity index (χ3v) is 8.10. The fourth-order valence-corrected chi connectivity index (χ4v) is 6.32. The Hall–Kier alpha value is -4.25. The second kappa shape index (κ2) is 11.0. The standard InChI is InChI=1S/C30H32N2O9/c1-37-24-9-18(10-25-30(24)40-7-6-39-25)21(12-27(35)38-2)29-28(36)23(33)11-20(41-29)16-31-13-17-8-19(15-31)22-4-3-5-26(34)32(22)14-17/h3-5,9-11,17,19,21,36H,6-8,12-16H2,1-2H3/t17-,19+,21?/m1/s1. The minimum Gasteiger partial charge on any atom is -0.502 e. The van der Waals surface area contributed by atoms with Gasteiger partial charge in [-0.3, -0.25) is 19.3 Å². The Morgan fingerprint density at radius 3 is 2.73 bits per heavy atom. The zero-order valence-corrected chi connectivity index (χ0v) is 23.0. The second-order valence-corrected chi connectivity index (χ2v) is 10.8. The molecule has 0 amide bonds. The van der Waals surface area contributed by atoms with Gasteiger partial charge >= 0.3 is 5.97 Å². The Kier molecular flexibility index (Phi) is 7.21. The van der Waals surface area contributed by atoms with Gasteiger partial charge in [-0.05, 0) is 36.1 Å². The molecule has 2 bridgehead atoms. The van der Waals surface area contributed by atoms with E-state index in [1.165, 1.54) is 20.3 Å². The van der Waals surface area contributed by atoms with Gasteiger partial charge in [-0.15, -0.1) is 0 Å². The lowest BCUT2D eigenvalue weighted by Crippen LogP contribution is -2.46. The average molecular weight is 565 g/mol. The largest absolute Gasteiger partial charge is 0.502 e. The van der Waals surface area contributed by atoms with Gasteiger partial charge in [0, 0.05) is 43.4 Å². The van der Waals surface area contributed by atoms with Crippen molar-refractivity contribution < 1.29 is 33.3 Å². The third kappa shape index (κ3) is 5.17. The van der Waals surface area contributed by atoms with Gasteiger partial charge in [-0.2, -0.15) is 0 Å². The summed E-state index contributed by atoms with van der Waals surface area (Å²) in [5.41, 5.74) is 0.973. The molecule has 0 aliphatic carbocycles. The van der Waals surface area contributed by atoms with Crippen LogP contribution in [0, 0.1) is 5.92 Å². The average Bonchev–Trinajstić information content (AvgIpc) is 2.97. The maximum atomic E-state index is 13.0. The number of carbonyl (C=O) groups excluding carboxylic acids is 1. The normalized spacial score (nSPS) is 20.1. The van der Waals surface area contributed by atoms with Crippen molar-refractivity contribution >= 4 is 5.97 Å². The first-order chi connectivity index (χ1) is 19.8. The molecule has 1 aromatic carbocycles. The molecule has 11 heteroatoms. The highest BCUT2D eigenvalue weighted by molar-refractivity contribution is 5.71. The van der Waals surface area contributed by atoms with Crippen LogP contribution >= 0.6 is 0 Å². The van der Waals surface area contributed by atoms with Crippen molar-refractivity contribution in [2.24, 2.45) is 5.92 Å². The number of hydrogen-bond donors (Lipinski definition) is 1. The molecule has 3 atom stereocenters. The molecule has 216 valence electrons. The van der Waals surface area contributed by atoms with E-state index in [-0.39, 0.29) is 23.7 Å². The third-order valence-electron chi connectivity index (χ3n) is 8.10. The summed E-state index contributed by atoms with van der Waals surface area (Å²) < 4.78 is 30.0. The number of pyridine rings is 1. The topological polar surface area (TPSA) is 130 Å². The van der Waals surface area contributed by atoms with Crippen LogP contribution in [0.15, 0.2) is 50.4 Å². The van der Waals surface area contributed by atoms with Crippen LogP contribution in [0.25, 0.3) is 0 Å². The van der Waals surface area contributed by atoms with Crippen LogP contribution in [0.2, 0.25) is 0 Å². The zero-order chi connectivity index (χ0) is 28.7. The van der Waals surface area contributed by atoms with Crippen LogP contribution in [-0.4, -0.2) is 61.1 Å². The second-order valence-electron chi connectivity index (χ2n) is 10.8. The Labute approximate surface area is 235 Å². The molecule has 3 aliphatic rings. The first-order valence-electron chi connectivity index (χ1n) is 13.7. The molecule has 1 N–H and O–H groups in total. The molecule has 6 rings (SSSR count). The Bertz CT molecular complexity index is 1580. The minimum absolute atomic E-state index is 0.0206. The SMILES string of the molecule is COC(=O)CC(c1cc(OC)c2c(c1)OCCO2)c1oc(CN2C[C@H]3C[C@@H](C2)c2cccc(=O)n2C3)cc(=O)c1O. The molecule has 1 fully saturated rings. The van der Waals surface area contributed by atoms with Crippen molar-refractivity contribution in [2.45, 2.75) is 37.8 Å². The summed E-state index contributed by atoms with van der Waals surface area (Å²) in [5, 5.41) is 10.9. The van der Waals surface area contributed by atoms with Gasteiger partial charge < -0.3 is 33.0 Å². The van der Waals surface area contributed by atoms with Gasteiger partial charge in [-0.25, -0.2) is 0 Å². The molecular formula is C30H32N2O9. The number of piperidine rings is 1. The first-order valence-corrected chi connectivity index (χ1v) is 13.7. The molecule has 41 heavy (non-hydrogen) atoms. The first kappa shape index (κ1) is 26.9. The van der Waals surface area contributed by atoms with Gasteiger partial charge in [0.2, 0.25) is 16.9 Å². The molecule has 1 saturated heterocycles. The highest BCUT2D eigenvalue weighted by Crippen LogP contribution is 2.45. The lowest BCUT2D eigenvalue weighted by Gasteiger charge is -2.42. The van der Waals surface area contributed by atoms with Crippen molar-refractivity contribution in [2.75, 3.05) is 40.5 Å². The van der Waals surface area contributed by atoms with Crippen molar-refractivity contribution in [3.8, 4) is 23.0 Å². The van der Waals surface area contributed by atoms with E-state index in [1.807, 2.05) is 10.6 Å². The minimum atomic E-state index is -0.862. The van der Waals surface area contributed by atoms with Crippen LogP contribution in [0.3, 0.4) is 0 Å². The molecule has 1 unspecified atom stereocenters. The van der Waals surface area contributed by atoms with Crippen LogP contribution in [0.4, 0.5) is 0 Å². The van der Waals surface area contributed by atoms with Crippen molar-refractivity contribution in [3.63, 3.8) is 0 Å². The number of aromatic hydroxyl groups is 1. The molecule has 11 nitrogen and oxygen atoms in total. The number of methoxy groups -OCH3 is 2. The van der Waals surface area contributed by atoms with E-state index in [4.69, 9.17) is 23.4 Å². The Balaban J connectivity index is 1.34. The highest BCUT2D eigenvalue weighted by Gasteiger charge is 2.35.